The van der Waals surface area contributed by atoms with Gasteiger partial charge in [-0.05, 0) is 17.9 Å². The van der Waals surface area contributed by atoms with Gasteiger partial charge >= 0.3 is 0 Å². The predicted molar refractivity (Wildman–Crippen MR) is 73.7 cm³/mol. The van der Waals surface area contributed by atoms with Crippen molar-refractivity contribution in [2.75, 3.05) is 30.8 Å². The molecule has 1 aromatic carbocycles. The number of rotatable bonds is 7. The molecule has 0 bridgehead atoms. The maximum absolute atomic E-state index is 11.0. The van der Waals surface area contributed by atoms with Gasteiger partial charge in [-0.3, -0.25) is 9.69 Å². The summed E-state index contributed by atoms with van der Waals surface area (Å²) < 4.78 is 0. The number of carbonyl (C=O) groups is 1. The number of amides is 1. The number of para-hydroxylation sites is 1. The summed E-state index contributed by atoms with van der Waals surface area (Å²) in [5, 5.41) is 0. The molecule has 0 aliphatic rings. The highest BCUT2D eigenvalue weighted by Crippen LogP contribution is 2.13. The second kappa shape index (κ2) is 7.19. The number of anilines is 1. The van der Waals surface area contributed by atoms with Gasteiger partial charge in [0.2, 0.25) is 5.91 Å². The van der Waals surface area contributed by atoms with Gasteiger partial charge < -0.3 is 11.5 Å². The topological polar surface area (TPSA) is 72.3 Å². The zero-order chi connectivity index (χ0) is 12.7. The number of hydrogen-bond acceptors (Lipinski definition) is 4. The molecule has 5 heteroatoms. The molecule has 0 atom stereocenters. The number of nitrogen functional groups attached to an aromatic ring is 1. The Balaban J connectivity index is 2.64. The molecule has 1 aromatic rings. The summed E-state index contributed by atoms with van der Waals surface area (Å²) in [6, 6.07) is 7.69. The van der Waals surface area contributed by atoms with E-state index in [1.807, 2.05) is 35.4 Å². The molecule has 0 saturated carbocycles. The standard InChI is InChI=1S/C12H19N3OS/c1-17-7-6-15(9-12(14)16)8-10-4-2-3-5-11(10)13/h2-5H,6-9,13H2,1H3,(H2,14,16). The third kappa shape index (κ3) is 5.10. The van der Waals surface area contributed by atoms with Crippen LogP contribution in [0.2, 0.25) is 0 Å². The van der Waals surface area contributed by atoms with E-state index in [4.69, 9.17) is 11.5 Å². The largest absolute Gasteiger partial charge is 0.398 e. The van der Waals surface area contributed by atoms with E-state index in [0.717, 1.165) is 23.5 Å². The lowest BCUT2D eigenvalue weighted by Gasteiger charge is -2.21. The minimum Gasteiger partial charge on any atom is -0.398 e. The zero-order valence-electron chi connectivity index (χ0n) is 10.1. The Kier molecular flexibility index (Phi) is 5.86. The third-order valence-corrected chi connectivity index (χ3v) is 3.03. The zero-order valence-corrected chi connectivity index (χ0v) is 10.9. The molecule has 4 N–H and O–H groups in total. The first-order chi connectivity index (χ1) is 8.13. The highest BCUT2D eigenvalue weighted by molar-refractivity contribution is 7.98. The van der Waals surface area contributed by atoms with Crippen molar-refractivity contribution >= 4 is 23.4 Å². The summed E-state index contributed by atoms with van der Waals surface area (Å²) >= 11 is 1.75. The molecule has 4 nitrogen and oxygen atoms in total. The van der Waals surface area contributed by atoms with E-state index in [1.54, 1.807) is 11.8 Å². The van der Waals surface area contributed by atoms with E-state index in [0.29, 0.717) is 6.54 Å². The van der Waals surface area contributed by atoms with Crippen LogP contribution in [0.25, 0.3) is 0 Å². The van der Waals surface area contributed by atoms with E-state index in [-0.39, 0.29) is 12.5 Å². The van der Waals surface area contributed by atoms with Crippen molar-refractivity contribution in [3.05, 3.63) is 29.8 Å². The summed E-state index contributed by atoms with van der Waals surface area (Å²) in [5.74, 6) is 0.667. The van der Waals surface area contributed by atoms with E-state index >= 15 is 0 Å². The van der Waals surface area contributed by atoms with Crippen molar-refractivity contribution in [2.45, 2.75) is 6.54 Å². The normalized spacial score (nSPS) is 10.7. The summed E-state index contributed by atoms with van der Waals surface area (Å²) in [7, 11) is 0. The number of carbonyl (C=O) groups excluding carboxylic acids is 1. The predicted octanol–water partition coefficient (Wildman–Crippen LogP) is 0.919. The molecule has 1 rings (SSSR count). The number of hydrogen-bond donors (Lipinski definition) is 2. The van der Waals surface area contributed by atoms with Crippen molar-refractivity contribution in [1.29, 1.82) is 0 Å². The van der Waals surface area contributed by atoms with Crippen molar-refractivity contribution in [1.82, 2.24) is 4.90 Å². The van der Waals surface area contributed by atoms with Crippen LogP contribution in [0.5, 0.6) is 0 Å². The number of nitrogens with two attached hydrogens (primary N) is 2. The monoisotopic (exact) mass is 253 g/mol. The SMILES string of the molecule is CSCCN(CC(N)=O)Cc1ccccc1N. The van der Waals surface area contributed by atoms with Gasteiger partial charge in [-0.2, -0.15) is 11.8 Å². The van der Waals surface area contributed by atoms with Gasteiger partial charge in [0.25, 0.3) is 0 Å². The number of primary amides is 1. The molecule has 0 heterocycles. The van der Waals surface area contributed by atoms with Crippen molar-refractivity contribution in [3.8, 4) is 0 Å². The number of thioether (sulfide) groups is 1. The lowest BCUT2D eigenvalue weighted by Crippen LogP contribution is -2.35. The Morgan fingerprint density at radius 2 is 2.12 bits per heavy atom. The minimum absolute atomic E-state index is 0.273. The fraction of sp³-hybridized carbons (Fsp3) is 0.417. The van der Waals surface area contributed by atoms with Crippen LogP contribution in [0.3, 0.4) is 0 Å². The summed E-state index contributed by atoms with van der Waals surface area (Å²) in [6.07, 6.45) is 2.04. The maximum atomic E-state index is 11.0. The first kappa shape index (κ1) is 13.9. The fourth-order valence-corrected chi connectivity index (χ4v) is 2.01. The first-order valence-electron chi connectivity index (χ1n) is 5.46. The Labute approximate surface area is 106 Å². The summed E-state index contributed by atoms with van der Waals surface area (Å²) in [6.45, 7) is 1.77. The Morgan fingerprint density at radius 1 is 1.41 bits per heavy atom. The molecule has 17 heavy (non-hydrogen) atoms. The van der Waals surface area contributed by atoms with Gasteiger partial charge in [0.1, 0.15) is 0 Å². The second-order valence-electron chi connectivity index (χ2n) is 3.87. The quantitative estimate of drug-likeness (QED) is 0.709. The molecule has 0 saturated heterocycles. The average molecular weight is 253 g/mol. The fourth-order valence-electron chi connectivity index (χ4n) is 1.57. The van der Waals surface area contributed by atoms with Gasteiger partial charge in [0, 0.05) is 24.5 Å². The molecule has 0 fully saturated rings. The van der Waals surface area contributed by atoms with Crippen LogP contribution in [0.4, 0.5) is 5.69 Å². The van der Waals surface area contributed by atoms with E-state index < -0.39 is 0 Å². The molecular formula is C12H19N3OS. The summed E-state index contributed by atoms with van der Waals surface area (Å²) in [4.78, 5) is 13.0. The van der Waals surface area contributed by atoms with Crippen LogP contribution in [-0.2, 0) is 11.3 Å². The van der Waals surface area contributed by atoms with Crippen LogP contribution >= 0.6 is 11.8 Å². The Bertz CT molecular complexity index is 371. The van der Waals surface area contributed by atoms with Crippen LogP contribution in [0, 0.1) is 0 Å². The number of nitrogens with zero attached hydrogens (tertiary/aromatic N) is 1. The molecule has 0 radical (unpaired) electrons. The van der Waals surface area contributed by atoms with Crippen LogP contribution in [0.1, 0.15) is 5.56 Å². The van der Waals surface area contributed by atoms with E-state index in [1.165, 1.54) is 0 Å². The van der Waals surface area contributed by atoms with Gasteiger partial charge in [-0.15, -0.1) is 0 Å². The molecule has 1 amide bonds. The van der Waals surface area contributed by atoms with Crippen LogP contribution in [0.15, 0.2) is 24.3 Å². The first-order valence-corrected chi connectivity index (χ1v) is 6.86. The molecule has 0 aromatic heterocycles. The van der Waals surface area contributed by atoms with Crippen molar-refractivity contribution in [2.24, 2.45) is 5.73 Å². The highest BCUT2D eigenvalue weighted by Gasteiger charge is 2.10. The van der Waals surface area contributed by atoms with Gasteiger partial charge in [-0.1, -0.05) is 18.2 Å². The Hall–Kier alpha value is -1.20. The minimum atomic E-state index is -0.305. The molecule has 0 aliphatic heterocycles. The maximum Gasteiger partial charge on any atom is 0.231 e. The molecule has 0 spiro atoms. The van der Waals surface area contributed by atoms with Crippen LogP contribution < -0.4 is 11.5 Å². The lowest BCUT2D eigenvalue weighted by atomic mass is 10.1. The van der Waals surface area contributed by atoms with E-state index in [2.05, 4.69) is 0 Å². The van der Waals surface area contributed by atoms with Gasteiger partial charge in [0.05, 0.1) is 6.54 Å². The number of benzene rings is 1. The second-order valence-corrected chi connectivity index (χ2v) is 4.85. The molecule has 0 unspecified atom stereocenters. The average Bonchev–Trinajstić information content (AvgIpc) is 2.28. The Morgan fingerprint density at radius 3 is 2.71 bits per heavy atom. The smallest absolute Gasteiger partial charge is 0.231 e. The van der Waals surface area contributed by atoms with Crippen molar-refractivity contribution in [3.63, 3.8) is 0 Å². The lowest BCUT2D eigenvalue weighted by molar-refractivity contribution is -0.119. The van der Waals surface area contributed by atoms with E-state index in [9.17, 15) is 4.79 Å². The molecular weight excluding hydrogens is 234 g/mol. The van der Waals surface area contributed by atoms with Crippen LogP contribution in [-0.4, -0.2) is 35.9 Å². The molecule has 94 valence electrons. The van der Waals surface area contributed by atoms with Gasteiger partial charge in [0.15, 0.2) is 0 Å². The summed E-state index contributed by atoms with van der Waals surface area (Å²) in [5.41, 5.74) is 12.9. The third-order valence-electron chi connectivity index (χ3n) is 2.44. The molecule has 0 aliphatic carbocycles. The van der Waals surface area contributed by atoms with Crippen molar-refractivity contribution < 1.29 is 4.79 Å². The van der Waals surface area contributed by atoms with Gasteiger partial charge in [-0.25, -0.2) is 0 Å². The highest BCUT2D eigenvalue weighted by atomic mass is 32.2.